The summed E-state index contributed by atoms with van der Waals surface area (Å²) in [6, 6.07) is 14.6. The lowest BCUT2D eigenvalue weighted by Crippen LogP contribution is -2.23. The average molecular weight is 406 g/mol. The zero-order valence-corrected chi connectivity index (χ0v) is 15.2. The smallest absolute Gasteiger partial charge is 0.241 e. The van der Waals surface area contributed by atoms with Crippen LogP contribution in [0, 0.1) is 0 Å². The third kappa shape index (κ3) is 4.11. The summed E-state index contributed by atoms with van der Waals surface area (Å²) in [5, 5.41) is 0. The van der Waals surface area contributed by atoms with Crippen molar-refractivity contribution in [3.8, 4) is 0 Å². The Kier molecular flexibility index (Phi) is 5.13. The number of aromatic nitrogens is 2. The molecular weight excluding hydrogens is 390 g/mol. The number of halogens is 1. The molecule has 0 amide bonds. The number of rotatable bonds is 6. The van der Waals surface area contributed by atoms with E-state index < -0.39 is 10.0 Å². The van der Waals surface area contributed by atoms with Crippen molar-refractivity contribution in [2.24, 2.45) is 0 Å². The molecule has 5 nitrogen and oxygen atoms in total. The van der Waals surface area contributed by atoms with Crippen molar-refractivity contribution >= 4 is 26.0 Å². The molecule has 1 N–H and O–H groups in total. The summed E-state index contributed by atoms with van der Waals surface area (Å²) in [7, 11) is -3.56. The Bertz CT molecular complexity index is 925. The largest absolute Gasteiger partial charge is 0.333 e. The number of nitrogens with one attached hydrogen (secondary N) is 1. The number of sulfonamides is 1. The van der Waals surface area contributed by atoms with E-state index in [0.717, 1.165) is 11.1 Å². The van der Waals surface area contributed by atoms with Crippen LogP contribution in [0.25, 0.3) is 0 Å². The lowest BCUT2D eigenvalue weighted by molar-refractivity contribution is 0.581. The molecule has 3 aromatic rings. The van der Waals surface area contributed by atoms with Gasteiger partial charge in [-0.15, -0.1) is 0 Å². The van der Waals surface area contributed by atoms with Crippen LogP contribution in [-0.2, 0) is 23.1 Å². The molecule has 0 atom stereocenters. The molecule has 0 bridgehead atoms. The van der Waals surface area contributed by atoms with E-state index in [1.165, 1.54) is 0 Å². The highest BCUT2D eigenvalue weighted by Gasteiger charge is 2.16. The van der Waals surface area contributed by atoms with E-state index in [-0.39, 0.29) is 11.4 Å². The Labute approximate surface area is 149 Å². The van der Waals surface area contributed by atoms with Crippen molar-refractivity contribution in [3.05, 3.63) is 82.9 Å². The Morgan fingerprint density at radius 1 is 1.08 bits per heavy atom. The van der Waals surface area contributed by atoms with Gasteiger partial charge in [0, 0.05) is 30.0 Å². The number of nitrogens with zero attached hydrogens (tertiary/aromatic N) is 2. The molecule has 2 aromatic carbocycles. The Hall–Kier alpha value is -1.96. The molecule has 0 aliphatic carbocycles. The topological polar surface area (TPSA) is 64.0 Å². The van der Waals surface area contributed by atoms with Gasteiger partial charge in [0.15, 0.2) is 0 Å². The van der Waals surface area contributed by atoms with Crippen molar-refractivity contribution in [1.29, 1.82) is 0 Å². The fourth-order valence-electron chi connectivity index (χ4n) is 2.35. The van der Waals surface area contributed by atoms with Crippen LogP contribution in [0.3, 0.4) is 0 Å². The molecule has 0 radical (unpaired) electrons. The maximum Gasteiger partial charge on any atom is 0.241 e. The van der Waals surface area contributed by atoms with E-state index in [1.54, 1.807) is 36.8 Å². The highest BCUT2D eigenvalue weighted by molar-refractivity contribution is 9.10. The summed E-state index contributed by atoms with van der Waals surface area (Å²) in [4.78, 5) is 4.25. The van der Waals surface area contributed by atoms with Gasteiger partial charge in [-0.2, -0.15) is 0 Å². The van der Waals surface area contributed by atoms with Crippen molar-refractivity contribution < 1.29 is 8.42 Å². The van der Waals surface area contributed by atoms with Crippen molar-refractivity contribution in [1.82, 2.24) is 14.3 Å². The summed E-state index contributed by atoms with van der Waals surface area (Å²) in [6.45, 7) is 0.937. The van der Waals surface area contributed by atoms with Crippen molar-refractivity contribution in [3.63, 3.8) is 0 Å². The third-order valence-corrected chi connectivity index (χ3v) is 5.92. The molecule has 3 rings (SSSR count). The predicted molar refractivity (Wildman–Crippen MR) is 95.9 cm³/mol. The summed E-state index contributed by atoms with van der Waals surface area (Å²) in [5.41, 5.74) is 1.99. The van der Waals surface area contributed by atoms with Crippen LogP contribution in [0.5, 0.6) is 0 Å². The van der Waals surface area contributed by atoms with Crippen LogP contribution in [0.2, 0.25) is 0 Å². The molecule has 0 aliphatic rings. The van der Waals surface area contributed by atoms with Crippen LogP contribution in [0.1, 0.15) is 11.1 Å². The zero-order valence-electron chi connectivity index (χ0n) is 12.8. The maximum atomic E-state index is 12.4. The van der Waals surface area contributed by atoms with E-state index >= 15 is 0 Å². The monoisotopic (exact) mass is 405 g/mol. The summed E-state index contributed by atoms with van der Waals surface area (Å²) in [5.74, 6) is 0. The first-order valence-electron chi connectivity index (χ1n) is 7.32. The van der Waals surface area contributed by atoms with Crippen molar-refractivity contribution in [2.45, 2.75) is 18.0 Å². The highest BCUT2D eigenvalue weighted by Crippen LogP contribution is 2.21. The van der Waals surface area contributed by atoms with E-state index in [1.807, 2.05) is 35.0 Å². The van der Waals surface area contributed by atoms with E-state index in [2.05, 4.69) is 25.6 Å². The predicted octanol–water partition coefficient (Wildman–Crippen LogP) is 3.17. The standard InChI is InChI=1S/C17H16BrN3O2S/c18-16-6-1-2-7-17(16)24(22,23)20-11-14-4-3-5-15(10-14)12-21-9-8-19-13-21/h1-10,13,20H,11-12H2. The molecule has 0 saturated heterocycles. The number of benzene rings is 2. The van der Waals surface area contributed by atoms with Crippen LogP contribution < -0.4 is 4.72 Å². The van der Waals surface area contributed by atoms with Crippen LogP contribution in [0.15, 0.2) is 76.6 Å². The SMILES string of the molecule is O=S(=O)(NCc1cccc(Cn2ccnc2)c1)c1ccccc1Br. The second-order valence-electron chi connectivity index (χ2n) is 5.31. The maximum absolute atomic E-state index is 12.4. The molecule has 0 fully saturated rings. The zero-order chi connectivity index (χ0) is 17.0. The fourth-order valence-corrected chi connectivity index (χ4v) is 4.37. The first-order valence-corrected chi connectivity index (χ1v) is 9.60. The normalized spacial score (nSPS) is 11.5. The molecule has 124 valence electrons. The third-order valence-electron chi connectivity index (χ3n) is 3.51. The first kappa shape index (κ1) is 16.9. The summed E-state index contributed by atoms with van der Waals surface area (Å²) < 4.78 is 30.0. The minimum Gasteiger partial charge on any atom is -0.333 e. The lowest BCUT2D eigenvalue weighted by atomic mass is 10.1. The van der Waals surface area contributed by atoms with Gasteiger partial charge in [0.05, 0.1) is 11.2 Å². The molecule has 7 heteroatoms. The number of imidazole rings is 1. The Balaban J connectivity index is 1.71. The van der Waals surface area contributed by atoms with Gasteiger partial charge >= 0.3 is 0 Å². The molecule has 0 aliphatic heterocycles. The lowest BCUT2D eigenvalue weighted by Gasteiger charge is -2.10. The first-order chi connectivity index (χ1) is 11.5. The number of hydrogen-bond acceptors (Lipinski definition) is 3. The molecule has 0 saturated carbocycles. The minimum atomic E-state index is -3.56. The molecule has 0 spiro atoms. The van der Waals surface area contributed by atoms with Crippen LogP contribution >= 0.6 is 15.9 Å². The molecule has 1 aromatic heterocycles. The van der Waals surface area contributed by atoms with E-state index in [4.69, 9.17) is 0 Å². The highest BCUT2D eigenvalue weighted by atomic mass is 79.9. The van der Waals surface area contributed by atoms with Gasteiger partial charge in [-0.05, 0) is 39.2 Å². The summed E-state index contributed by atoms with van der Waals surface area (Å²) >= 11 is 3.28. The molecule has 0 unspecified atom stereocenters. The van der Waals surface area contributed by atoms with Gasteiger partial charge in [-0.1, -0.05) is 36.4 Å². The number of hydrogen-bond donors (Lipinski definition) is 1. The van der Waals surface area contributed by atoms with Gasteiger partial charge in [0.25, 0.3) is 0 Å². The Morgan fingerprint density at radius 2 is 1.88 bits per heavy atom. The quantitative estimate of drug-likeness (QED) is 0.684. The van der Waals surface area contributed by atoms with Crippen LogP contribution in [-0.4, -0.2) is 18.0 Å². The minimum absolute atomic E-state index is 0.236. The van der Waals surface area contributed by atoms with Gasteiger partial charge in [0.1, 0.15) is 0 Å². The molecule has 24 heavy (non-hydrogen) atoms. The van der Waals surface area contributed by atoms with Gasteiger partial charge in [-0.3, -0.25) is 0 Å². The fraction of sp³-hybridized carbons (Fsp3) is 0.118. The average Bonchev–Trinajstić information content (AvgIpc) is 3.07. The van der Waals surface area contributed by atoms with E-state index in [9.17, 15) is 8.42 Å². The van der Waals surface area contributed by atoms with Crippen molar-refractivity contribution in [2.75, 3.05) is 0 Å². The molecule has 1 heterocycles. The Morgan fingerprint density at radius 3 is 2.62 bits per heavy atom. The van der Waals surface area contributed by atoms with Gasteiger partial charge < -0.3 is 4.57 Å². The van der Waals surface area contributed by atoms with E-state index in [0.29, 0.717) is 11.0 Å². The van der Waals surface area contributed by atoms with Gasteiger partial charge in [-0.25, -0.2) is 18.1 Å². The van der Waals surface area contributed by atoms with Gasteiger partial charge in [0.2, 0.25) is 10.0 Å². The second-order valence-corrected chi connectivity index (χ2v) is 7.90. The molecular formula is C17H16BrN3O2S. The summed E-state index contributed by atoms with van der Waals surface area (Å²) in [6.07, 6.45) is 5.38. The van der Waals surface area contributed by atoms with Crippen LogP contribution in [0.4, 0.5) is 0 Å². The second kappa shape index (κ2) is 7.29.